The average molecular weight is 433 g/mol. The summed E-state index contributed by atoms with van der Waals surface area (Å²) in [7, 11) is 0. The first-order valence-electron chi connectivity index (χ1n) is 11.8. The van der Waals surface area contributed by atoms with Crippen molar-refractivity contribution in [2.45, 2.75) is 71.3 Å². The average Bonchev–Trinajstić information content (AvgIpc) is 3.20. The maximum Gasteiger partial charge on any atom is 0.336 e. The fraction of sp³-hybridized carbons (Fsp3) is 0.462. The zero-order valence-electron chi connectivity index (χ0n) is 18.8. The Kier molecular flexibility index (Phi) is 7.30. The van der Waals surface area contributed by atoms with Crippen molar-refractivity contribution in [1.82, 2.24) is 19.7 Å². The van der Waals surface area contributed by atoms with Crippen LogP contribution in [0.25, 0.3) is 11.1 Å². The maximum atomic E-state index is 11.6. The van der Waals surface area contributed by atoms with Crippen molar-refractivity contribution in [1.29, 1.82) is 0 Å². The van der Waals surface area contributed by atoms with Crippen LogP contribution in [0.2, 0.25) is 0 Å². The van der Waals surface area contributed by atoms with Gasteiger partial charge in [-0.1, -0.05) is 57.2 Å². The Morgan fingerprint density at radius 2 is 1.94 bits per heavy atom. The molecule has 1 aliphatic carbocycles. The number of carboxylic acids is 1. The van der Waals surface area contributed by atoms with Crippen molar-refractivity contribution in [2.24, 2.45) is 5.92 Å². The minimum Gasteiger partial charge on any atom is -0.478 e. The van der Waals surface area contributed by atoms with E-state index in [4.69, 9.17) is 10.1 Å². The van der Waals surface area contributed by atoms with Crippen LogP contribution in [-0.4, -0.2) is 30.8 Å². The molecule has 6 nitrogen and oxygen atoms in total. The highest BCUT2D eigenvalue weighted by atomic mass is 16.4. The van der Waals surface area contributed by atoms with Crippen LogP contribution in [0.4, 0.5) is 0 Å². The number of hydrogen-bond donors (Lipinski definition) is 1. The third kappa shape index (κ3) is 5.42. The number of benzene rings is 1. The van der Waals surface area contributed by atoms with Crippen LogP contribution in [0, 0.1) is 5.92 Å². The number of aryl methyl sites for hydroxylation is 2. The lowest BCUT2D eigenvalue weighted by atomic mass is 9.86. The van der Waals surface area contributed by atoms with E-state index >= 15 is 0 Å². The zero-order valence-corrected chi connectivity index (χ0v) is 18.8. The lowest BCUT2D eigenvalue weighted by Crippen LogP contribution is -2.09. The van der Waals surface area contributed by atoms with E-state index in [2.05, 4.69) is 11.9 Å². The van der Waals surface area contributed by atoms with Gasteiger partial charge in [-0.15, -0.1) is 0 Å². The molecule has 0 amide bonds. The number of carbonyl (C=O) groups is 1. The van der Waals surface area contributed by atoms with Gasteiger partial charge in [-0.2, -0.15) is 5.10 Å². The summed E-state index contributed by atoms with van der Waals surface area (Å²) in [4.78, 5) is 20.9. The van der Waals surface area contributed by atoms with Gasteiger partial charge in [0.25, 0.3) is 0 Å². The second-order valence-electron chi connectivity index (χ2n) is 8.83. The van der Waals surface area contributed by atoms with Crippen LogP contribution < -0.4 is 0 Å². The summed E-state index contributed by atoms with van der Waals surface area (Å²) in [5.41, 5.74) is 2.75. The van der Waals surface area contributed by atoms with Gasteiger partial charge in [-0.25, -0.2) is 14.5 Å². The predicted octanol–water partition coefficient (Wildman–Crippen LogP) is 5.55. The van der Waals surface area contributed by atoms with E-state index < -0.39 is 5.97 Å². The van der Waals surface area contributed by atoms with Gasteiger partial charge in [-0.05, 0) is 42.0 Å². The molecule has 32 heavy (non-hydrogen) atoms. The molecular weight excluding hydrogens is 400 g/mol. The van der Waals surface area contributed by atoms with Crippen LogP contribution in [-0.2, 0) is 19.4 Å². The van der Waals surface area contributed by atoms with E-state index in [1.165, 1.54) is 38.5 Å². The second kappa shape index (κ2) is 10.5. The Hall–Kier alpha value is -3.02. The third-order valence-electron chi connectivity index (χ3n) is 6.36. The SMILES string of the molecule is CCCc1nc(CCC2CCCCC2)nn1Cc1cncc(-c2ccccc2C(=O)O)c1. The van der Waals surface area contributed by atoms with E-state index in [0.717, 1.165) is 48.0 Å². The summed E-state index contributed by atoms with van der Waals surface area (Å²) in [6, 6.07) is 9.05. The first-order chi connectivity index (χ1) is 15.6. The van der Waals surface area contributed by atoms with E-state index in [1.54, 1.807) is 18.3 Å². The number of aromatic nitrogens is 4. The number of pyridine rings is 1. The normalized spacial score (nSPS) is 14.5. The summed E-state index contributed by atoms with van der Waals surface area (Å²) >= 11 is 0. The Morgan fingerprint density at radius 3 is 2.72 bits per heavy atom. The van der Waals surface area contributed by atoms with Crippen LogP contribution >= 0.6 is 0 Å². The highest BCUT2D eigenvalue weighted by Crippen LogP contribution is 2.27. The molecule has 6 heteroatoms. The molecule has 0 aliphatic heterocycles. The minimum absolute atomic E-state index is 0.281. The van der Waals surface area contributed by atoms with Gasteiger partial charge < -0.3 is 5.11 Å². The van der Waals surface area contributed by atoms with Crippen molar-refractivity contribution in [3.8, 4) is 11.1 Å². The zero-order chi connectivity index (χ0) is 22.3. The first kappa shape index (κ1) is 22.2. The molecular formula is C26H32N4O2. The van der Waals surface area contributed by atoms with Crippen LogP contribution in [0.1, 0.15) is 79.4 Å². The van der Waals surface area contributed by atoms with Gasteiger partial charge in [-0.3, -0.25) is 4.98 Å². The standard InChI is InChI=1S/C26H32N4O2/c1-2-8-25-28-24(14-13-19-9-4-3-5-10-19)29-30(25)18-20-15-21(17-27-16-20)22-11-6-7-12-23(22)26(31)32/h6-7,11-12,15-17,19H,2-5,8-10,13-14,18H2,1H3,(H,31,32). The Morgan fingerprint density at radius 1 is 1.12 bits per heavy atom. The molecule has 2 aromatic heterocycles. The summed E-state index contributed by atoms with van der Waals surface area (Å²) in [5, 5.41) is 14.4. The molecule has 1 aliphatic rings. The van der Waals surface area contributed by atoms with Gasteiger partial charge in [0, 0.05) is 30.8 Å². The largest absolute Gasteiger partial charge is 0.478 e. The van der Waals surface area contributed by atoms with E-state index in [0.29, 0.717) is 12.1 Å². The Balaban J connectivity index is 1.52. The molecule has 0 spiro atoms. The van der Waals surface area contributed by atoms with Crippen molar-refractivity contribution in [2.75, 3.05) is 0 Å². The van der Waals surface area contributed by atoms with E-state index in [-0.39, 0.29) is 5.56 Å². The molecule has 0 radical (unpaired) electrons. The van der Waals surface area contributed by atoms with Gasteiger partial charge in [0.1, 0.15) is 5.82 Å². The second-order valence-corrected chi connectivity index (χ2v) is 8.83. The first-order valence-corrected chi connectivity index (χ1v) is 11.8. The number of rotatable bonds is 9. The molecule has 1 aromatic carbocycles. The van der Waals surface area contributed by atoms with Gasteiger partial charge in [0.2, 0.25) is 0 Å². The van der Waals surface area contributed by atoms with Crippen LogP contribution in [0.3, 0.4) is 0 Å². The Bertz CT molecular complexity index is 1050. The molecule has 0 bridgehead atoms. The minimum atomic E-state index is -0.935. The molecule has 168 valence electrons. The van der Waals surface area contributed by atoms with Gasteiger partial charge in [0.05, 0.1) is 12.1 Å². The fourth-order valence-corrected chi connectivity index (χ4v) is 4.69. The smallest absolute Gasteiger partial charge is 0.336 e. The maximum absolute atomic E-state index is 11.6. The van der Waals surface area contributed by atoms with Crippen molar-refractivity contribution in [3.05, 3.63) is 65.5 Å². The molecule has 2 heterocycles. The molecule has 1 N–H and O–H groups in total. The van der Waals surface area contributed by atoms with Crippen molar-refractivity contribution < 1.29 is 9.90 Å². The fourth-order valence-electron chi connectivity index (χ4n) is 4.69. The van der Waals surface area contributed by atoms with Gasteiger partial charge >= 0.3 is 5.97 Å². The van der Waals surface area contributed by atoms with Crippen molar-refractivity contribution >= 4 is 5.97 Å². The highest BCUT2D eigenvalue weighted by Gasteiger charge is 2.17. The van der Waals surface area contributed by atoms with Crippen molar-refractivity contribution in [3.63, 3.8) is 0 Å². The topological polar surface area (TPSA) is 80.9 Å². The Labute approximate surface area is 189 Å². The third-order valence-corrected chi connectivity index (χ3v) is 6.36. The predicted molar refractivity (Wildman–Crippen MR) is 125 cm³/mol. The quantitative estimate of drug-likeness (QED) is 0.479. The number of hydrogen-bond acceptors (Lipinski definition) is 4. The van der Waals surface area contributed by atoms with Crippen LogP contribution in [0.15, 0.2) is 42.7 Å². The monoisotopic (exact) mass is 432 g/mol. The highest BCUT2D eigenvalue weighted by molar-refractivity contribution is 5.95. The molecule has 1 fully saturated rings. The van der Waals surface area contributed by atoms with E-state index in [1.807, 2.05) is 29.1 Å². The summed E-state index contributed by atoms with van der Waals surface area (Å²) in [6.07, 6.45) is 14.4. The van der Waals surface area contributed by atoms with Gasteiger partial charge in [0.15, 0.2) is 5.82 Å². The molecule has 0 unspecified atom stereocenters. The lowest BCUT2D eigenvalue weighted by Gasteiger charge is -2.20. The number of aromatic carboxylic acids is 1. The number of carboxylic acid groups (broad SMARTS) is 1. The lowest BCUT2D eigenvalue weighted by molar-refractivity contribution is 0.0697. The summed E-state index contributed by atoms with van der Waals surface area (Å²) in [6.45, 7) is 2.74. The molecule has 4 rings (SSSR count). The van der Waals surface area contributed by atoms with E-state index in [9.17, 15) is 9.90 Å². The molecule has 1 saturated carbocycles. The molecule has 0 atom stereocenters. The van der Waals surface area contributed by atoms with Crippen LogP contribution in [0.5, 0.6) is 0 Å². The molecule has 0 saturated heterocycles. The summed E-state index contributed by atoms with van der Waals surface area (Å²) < 4.78 is 2.00. The summed E-state index contributed by atoms with van der Waals surface area (Å²) in [5.74, 6) is 1.84. The number of nitrogens with zero attached hydrogens (tertiary/aromatic N) is 4. The molecule has 3 aromatic rings.